The maximum absolute atomic E-state index is 12.2. The number of amides is 2. The summed E-state index contributed by atoms with van der Waals surface area (Å²) in [6.45, 7) is 4.07. The number of sulfonamides is 1. The van der Waals surface area contributed by atoms with Gasteiger partial charge in [0, 0.05) is 18.5 Å². The minimum atomic E-state index is -3.32. The van der Waals surface area contributed by atoms with E-state index in [9.17, 15) is 18.0 Å². The molecule has 1 aliphatic rings. The van der Waals surface area contributed by atoms with Gasteiger partial charge in [-0.15, -0.1) is 0 Å². The Labute approximate surface area is 172 Å². The lowest BCUT2D eigenvalue weighted by molar-refractivity contribution is -0.126. The smallest absolute Gasteiger partial charge is 0.258 e. The van der Waals surface area contributed by atoms with E-state index < -0.39 is 10.0 Å². The summed E-state index contributed by atoms with van der Waals surface area (Å²) in [4.78, 5) is 24.3. The Morgan fingerprint density at radius 2 is 1.79 bits per heavy atom. The van der Waals surface area contributed by atoms with Crippen molar-refractivity contribution in [3.05, 3.63) is 29.3 Å². The molecular weight excluding hydrogens is 394 g/mol. The lowest BCUT2D eigenvalue weighted by Crippen LogP contribution is -2.43. The Bertz CT molecular complexity index is 817. The average Bonchev–Trinajstić information content (AvgIpc) is 2.69. The first-order chi connectivity index (χ1) is 13.7. The molecule has 0 aliphatic heterocycles. The van der Waals surface area contributed by atoms with Crippen LogP contribution in [0.5, 0.6) is 5.75 Å². The maximum atomic E-state index is 12.2. The summed E-state index contributed by atoms with van der Waals surface area (Å²) in [7, 11) is -1.98. The zero-order valence-electron chi connectivity index (χ0n) is 17.3. The number of carbonyl (C=O) groups excluding carboxylic acids is 2. The van der Waals surface area contributed by atoms with Crippen molar-refractivity contribution in [2.24, 2.45) is 5.92 Å². The molecule has 0 spiro atoms. The van der Waals surface area contributed by atoms with Crippen molar-refractivity contribution in [2.75, 3.05) is 26.0 Å². The molecule has 0 saturated heterocycles. The third-order valence-corrected chi connectivity index (χ3v) is 6.66. The summed E-state index contributed by atoms with van der Waals surface area (Å²) in [5.41, 5.74) is 2.29. The summed E-state index contributed by atoms with van der Waals surface area (Å²) in [5, 5.41) is 5.64. The van der Waals surface area contributed by atoms with E-state index in [1.807, 2.05) is 32.0 Å². The molecule has 2 amide bonds. The first-order valence-corrected chi connectivity index (χ1v) is 11.5. The first-order valence-electron chi connectivity index (χ1n) is 9.88. The molecule has 0 atom stereocenters. The van der Waals surface area contributed by atoms with Crippen LogP contribution in [0.3, 0.4) is 0 Å². The fraction of sp³-hybridized carbons (Fsp3) is 0.600. The molecule has 9 heteroatoms. The summed E-state index contributed by atoms with van der Waals surface area (Å²) >= 11 is 0. The van der Waals surface area contributed by atoms with Gasteiger partial charge in [0.2, 0.25) is 15.9 Å². The molecular formula is C20H31N3O5S. The number of ether oxygens (including phenoxy) is 1. The minimum Gasteiger partial charge on any atom is -0.484 e. The molecule has 1 aromatic rings. The van der Waals surface area contributed by atoms with Crippen LogP contribution in [0, 0.1) is 19.8 Å². The molecule has 3 N–H and O–H groups in total. The zero-order valence-corrected chi connectivity index (χ0v) is 18.1. The van der Waals surface area contributed by atoms with Crippen molar-refractivity contribution in [3.63, 3.8) is 0 Å². The van der Waals surface area contributed by atoms with Gasteiger partial charge in [0.15, 0.2) is 6.61 Å². The second-order valence-corrected chi connectivity index (χ2v) is 9.51. The molecule has 0 unspecified atom stereocenters. The highest BCUT2D eigenvalue weighted by Crippen LogP contribution is 2.24. The van der Waals surface area contributed by atoms with Crippen molar-refractivity contribution in [3.8, 4) is 5.75 Å². The van der Waals surface area contributed by atoms with Crippen LogP contribution in [0.25, 0.3) is 0 Å². The SMILES string of the molecule is CNS(=O)(=O)CCNC(=O)C1CCC(NC(=O)COc2ccc(C)c(C)c2)CC1. The zero-order chi connectivity index (χ0) is 21.4. The van der Waals surface area contributed by atoms with Gasteiger partial charge in [0.25, 0.3) is 5.91 Å². The van der Waals surface area contributed by atoms with Crippen LogP contribution in [0.15, 0.2) is 18.2 Å². The third kappa shape index (κ3) is 7.66. The van der Waals surface area contributed by atoms with Gasteiger partial charge in [-0.1, -0.05) is 6.07 Å². The number of nitrogens with one attached hydrogen (secondary N) is 3. The Morgan fingerprint density at radius 3 is 2.41 bits per heavy atom. The van der Waals surface area contributed by atoms with Crippen LogP contribution in [0.2, 0.25) is 0 Å². The molecule has 0 heterocycles. The topological polar surface area (TPSA) is 114 Å². The van der Waals surface area contributed by atoms with E-state index in [1.165, 1.54) is 12.6 Å². The lowest BCUT2D eigenvalue weighted by Gasteiger charge is -2.28. The number of benzene rings is 1. The number of hydrogen-bond acceptors (Lipinski definition) is 5. The molecule has 162 valence electrons. The number of aryl methyl sites for hydroxylation is 2. The minimum absolute atomic E-state index is 0.0274. The highest BCUT2D eigenvalue weighted by molar-refractivity contribution is 7.89. The number of carbonyl (C=O) groups is 2. The molecule has 1 fully saturated rings. The standard InChI is InChI=1S/C20H31N3O5S/c1-14-4-9-18(12-15(14)2)28-13-19(24)23-17-7-5-16(6-8-17)20(25)22-10-11-29(26,27)21-3/h4,9,12,16-17,21H,5-8,10-11,13H2,1-3H3,(H,22,25)(H,23,24). The van der Waals surface area contributed by atoms with E-state index in [-0.39, 0.29) is 42.7 Å². The van der Waals surface area contributed by atoms with E-state index in [2.05, 4.69) is 15.4 Å². The van der Waals surface area contributed by atoms with Crippen LogP contribution in [-0.2, 0) is 19.6 Å². The Morgan fingerprint density at radius 1 is 1.10 bits per heavy atom. The first kappa shape index (κ1) is 23.2. The molecule has 1 aliphatic carbocycles. The van der Waals surface area contributed by atoms with Gasteiger partial charge < -0.3 is 15.4 Å². The number of rotatable bonds is 9. The van der Waals surface area contributed by atoms with Gasteiger partial charge in [0.05, 0.1) is 5.75 Å². The van der Waals surface area contributed by atoms with Gasteiger partial charge in [-0.05, 0) is 69.8 Å². The van der Waals surface area contributed by atoms with Gasteiger partial charge in [-0.2, -0.15) is 0 Å². The monoisotopic (exact) mass is 425 g/mol. The van der Waals surface area contributed by atoms with Crippen LogP contribution in [-0.4, -0.2) is 52.2 Å². The van der Waals surface area contributed by atoms with Crippen molar-refractivity contribution >= 4 is 21.8 Å². The van der Waals surface area contributed by atoms with Gasteiger partial charge in [-0.3, -0.25) is 9.59 Å². The van der Waals surface area contributed by atoms with E-state index in [0.717, 1.165) is 5.56 Å². The summed E-state index contributed by atoms with van der Waals surface area (Å²) < 4.78 is 30.5. The largest absolute Gasteiger partial charge is 0.484 e. The van der Waals surface area contributed by atoms with E-state index in [0.29, 0.717) is 31.4 Å². The van der Waals surface area contributed by atoms with E-state index in [1.54, 1.807) is 0 Å². The molecule has 1 saturated carbocycles. The number of hydrogen-bond donors (Lipinski definition) is 3. The summed E-state index contributed by atoms with van der Waals surface area (Å²) in [6.07, 6.45) is 2.74. The Hall–Kier alpha value is -2.13. The van der Waals surface area contributed by atoms with Crippen LogP contribution < -0.4 is 20.1 Å². The molecule has 1 aromatic carbocycles. The average molecular weight is 426 g/mol. The third-order valence-electron chi connectivity index (χ3n) is 5.29. The highest BCUT2D eigenvalue weighted by Gasteiger charge is 2.27. The predicted molar refractivity (Wildman–Crippen MR) is 111 cm³/mol. The van der Waals surface area contributed by atoms with Gasteiger partial charge >= 0.3 is 0 Å². The molecule has 8 nitrogen and oxygen atoms in total. The summed E-state index contributed by atoms with van der Waals surface area (Å²) in [5.74, 6) is 0.0879. The van der Waals surface area contributed by atoms with Gasteiger partial charge in [0.1, 0.15) is 5.75 Å². The fourth-order valence-corrected chi connectivity index (χ4v) is 3.85. The second kappa shape index (κ2) is 10.6. The molecule has 29 heavy (non-hydrogen) atoms. The Balaban J connectivity index is 1.67. The second-order valence-electron chi connectivity index (χ2n) is 7.46. The molecule has 2 rings (SSSR count). The van der Waals surface area contributed by atoms with Crippen LogP contribution in [0.4, 0.5) is 0 Å². The fourth-order valence-electron chi connectivity index (χ4n) is 3.28. The Kier molecular flexibility index (Phi) is 8.45. The van der Waals surface area contributed by atoms with E-state index >= 15 is 0 Å². The highest BCUT2D eigenvalue weighted by atomic mass is 32.2. The quantitative estimate of drug-likeness (QED) is 0.547. The summed E-state index contributed by atoms with van der Waals surface area (Å²) in [6, 6.07) is 5.75. The molecule has 0 bridgehead atoms. The van der Waals surface area contributed by atoms with E-state index in [4.69, 9.17) is 4.74 Å². The van der Waals surface area contributed by atoms with Gasteiger partial charge in [-0.25, -0.2) is 13.1 Å². The van der Waals surface area contributed by atoms with Crippen LogP contribution >= 0.6 is 0 Å². The van der Waals surface area contributed by atoms with Crippen molar-refractivity contribution < 1.29 is 22.7 Å². The van der Waals surface area contributed by atoms with Crippen molar-refractivity contribution in [2.45, 2.75) is 45.6 Å². The van der Waals surface area contributed by atoms with Crippen molar-refractivity contribution in [1.29, 1.82) is 0 Å². The predicted octanol–water partition coefficient (Wildman–Crippen LogP) is 1.02. The molecule has 0 aromatic heterocycles. The lowest BCUT2D eigenvalue weighted by atomic mass is 9.85. The van der Waals surface area contributed by atoms with Crippen molar-refractivity contribution in [1.82, 2.24) is 15.4 Å². The van der Waals surface area contributed by atoms with Crippen LogP contribution in [0.1, 0.15) is 36.8 Å². The maximum Gasteiger partial charge on any atom is 0.258 e. The normalized spacial score (nSPS) is 19.4. The molecule has 0 radical (unpaired) electrons.